The van der Waals surface area contributed by atoms with E-state index >= 15 is 0 Å². The van der Waals surface area contributed by atoms with Crippen LogP contribution >= 0.6 is 0 Å². The molecule has 1 heterocycles. The first kappa shape index (κ1) is 16.0. The smallest absolute Gasteiger partial charge is 0.161 e. The molecule has 122 valence electrons. The molecule has 2 aromatic rings. The van der Waals surface area contributed by atoms with Crippen LogP contribution in [0.5, 0.6) is 11.5 Å². The summed E-state index contributed by atoms with van der Waals surface area (Å²) in [5.41, 5.74) is 1.16. The van der Waals surface area contributed by atoms with Crippen molar-refractivity contribution in [3.8, 4) is 11.5 Å². The van der Waals surface area contributed by atoms with Crippen LogP contribution in [0, 0.1) is 0 Å². The molecular formula is C18H21NO3S. The quantitative estimate of drug-likeness (QED) is 0.915. The Morgan fingerprint density at radius 3 is 2.57 bits per heavy atom. The highest BCUT2D eigenvalue weighted by Gasteiger charge is 2.21. The molecule has 0 amide bonds. The molecule has 1 N–H and O–H groups in total. The van der Waals surface area contributed by atoms with Gasteiger partial charge in [-0.15, -0.1) is 0 Å². The molecule has 0 aliphatic carbocycles. The van der Waals surface area contributed by atoms with E-state index in [9.17, 15) is 4.21 Å². The minimum Gasteiger partial charge on any atom is -0.486 e. The molecule has 4 nitrogen and oxygen atoms in total. The van der Waals surface area contributed by atoms with E-state index in [1.807, 2.05) is 48.5 Å². The number of benzene rings is 2. The lowest BCUT2D eigenvalue weighted by Gasteiger charge is -2.27. The van der Waals surface area contributed by atoms with Crippen LogP contribution in [-0.4, -0.2) is 29.7 Å². The van der Waals surface area contributed by atoms with Crippen molar-refractivity contribution >= 4 is 10.8 Å². The topological polar surface area (TPSA) is 47.6 Å². The van der Waals surface area contributed by atoms with Gasteiger partial charge < -0.3 is 14.8 Å². The van der Waals surface area contributed by atoms with Crippen molar-refractivity contribution in [2.45, 2.75) is 24.0 Å². The highest BCUT2D eigenvalue weighted by Crippen LogP contribution is 2.30. The Balaban J connectivity index is 1.55. The number of rotatable bonds is 5. The average Bonchev–Trinajstić information content (AvgIpc) is 2.59. The van der Waals surface area contributed by atoms with Crippen LogP contribution in [0.4, 0.5) is 0 Å². The van der Waals surface area contributed by atoms with Gasteiger partial charge in [-0.2, -0.15) is 0 Å². The Hall–Kier alpha value is -1.85. The van der Waals surface area contributed by atoms with Gasteiger partial charge in [0.25, 0.3) is 0 Å². The summed E-state index contributed by atoms with van der Waals surface area (Å²) in [7, 11) is -0.936. The van der Waals surface area contributed by atoms with E-state index in [2.05, 4.69) is 12.2 Å². The second-order valence-electron chi connectivity index (χ2n) is 5.65. The Labute approximate surface area is 139 Å². The molecule has 0 bridgehead atoms. The van der Waals surface area contributed by atoms with Gasteiger partial charge in [0.05, 0.1) is 0 Å². The second kappa shape index (κ2) is 7.15. The van der Waals surface area contributed by atoms with Gasteiger partial charge in [0.1, 0.15) is 12.7 Å². The molecule has 3 rings (SSSR count). The predicted octanol–water partition coefficient (Wildman–Crippen LogP) is 2.91. The summed E-state index contributed by atoms with van der Waals surface area (Å²) in [6.45, 7) is 3.36. The number of ether oxygens (including phenoxy) is 2. The molecule has 0 aromatic heterocycles. The fraction of sp³-hybridized carbons (Fsp3) is 0.333. The van der Waals surface area contributed by atoms with Gasteiger partial charge >= 0.3 is 0 Å². The number of nitrogens with one attached hydrogen (secondary N) is 1. The van der Waals surface area contributed by atoms with Gasteiger partial charge in [-0.05, 0) is 36.8 Å². The lowest BCUT2D eigenvalue weighted by atomic mass is 10.1. The summed E-state index contributed by atoms with van der Waals surface area (Å²) >= 11 is 0. The van der Waals surface area contributed by atoms with Gasteiger partial charge in [0, 0.05) is 34.5 Å². The van der Waals surface area contributed by atoms with Crippen molar-refractivity contribution in [1.82, 2.24) is 5.32 Å². The minimum absolute atomic E-state index is 0.00484. The zero-order chi connectivity index (χ0) is 16.2. The first-order valence-corrected chi connectivity index (χ1v) is 9.24. The van der Waals surface area contributed by atoms with E-state index in [0.29, 0.717) is 13.2 Å². The molecule has 0 saturated carbocycles. The van der Waals surface area contributed by atoms with Crippen LogP contribution < -0.4 is 14.8 Å². The Morgan fingerprint density at radius 1 is 1.17 bits per heavy atom. The van der Waals surface area contributed by atoms with Crippen molar-refractivity contribution in [2.75, 3.05) is 19.4 Å². The summed E-state index contributed by atoms with van der Waals surface area (Å²) < 4.78 is 23.1. The van der Waals surface area contributed by atoms with Gasteiger partial charge in [0.15, 0.2) is 11.5 Å². The summed E-state index contributed by atoms with van der Waals surface area (Å²) in [6.07, 6.45) is 1.68. The van der Waals surface area contributed by atoms with Crippen molar-refractivity contribution in [1.29, 1.82) is 0 Å². The van der Waals surface area contributed by atoms with Crippen LogP contribution in [0.25, 0.3) is 0 Å². The molecule has 0 saturated heterocycles. The third-order valence-corrected chi connectivity index (χ3v) is 4.87. The van der Waals surface area contributed by atoms with E-state index in [1.165, 1.54) is 0 Å². The van der Waals surface area contributed by atoms with E-state index in [-0.39, 0.29) is 12.1 Å². The largest absolute Gasteiger partial charge is 0.486 e. The van der Waals surface area contributed by atoms with Gasteiger partial charge in [-0.3, -0.25) is 4.21 Å². The highest BCUT2D eigenvalue weighted by atomic mass is 32.2. The van der Waals surface area contributed by atoms with Crippen LogP contribution in [0.3, 0.4) is 0 Å². The zero-order valence-corrected chi connectivity index (χ0v) is 14.1. The number of para-hydroxylation sites is 2. The molecule has 0 fully saturated rings. The molecule has 0 unspecified atom stereocenters. The van der Waals surface area contributed by atoms with Gasteiger partial charge in [-0.25, -0.2) is 0 Å². The Morgan fingerprint density at radius 2 is 1.87 bits per heavy atom. The third-order valence-electron chi connectivity index (χ3n) is 3.93. The molecule has 3 atom stereocenters. The lowest BCUT2D eigenvalue weighted by molar-refractivity contribution is 0.0886. The zero-order valence-electron chi connectivity index (χ0n) is 13.3. The number of hydrogen-bond acceptors (Lipinski definition) is 4. The molecule has 0 radical (unpaired) electrons. The summed E-state index contributed by atoms with van der Waals surface area (Å²) in [6, 6.07) is 15.8. The van der Waals surface area contributed by atoms with Gasteiger partial charge in [0.2, 0.25) is 0 Å². The maximum Gasteiger partial charge on any atom is 0.161 e. The van der Waals surface area contributed by atoms with Crippen LogP contribution in [0.15, 0.2) is 53.4 Å². The fourth-order valence-electron chi connectivity index (χ4n) is 2.54. The van der Waals surface area contributed by atoms with E-state index in [0.717, 1.165) is 22.0 Å². The molecule has 2 aromatic carbocycles. The minimum atomic E-state index is -0.936. The Kier molecular flexibility index (Phi) is 4.98. The van der Waals surface area contributed by atoms with Crippen molar-refractivity contribution in [3.05, 3.63) is 54.1 Å². The van der Waals surface area contributed by atoms with Crippen LogP contribution in [-0.2, 0) is 10.8 Å². The second-order valence-corrected chi connectivity index (χ2v) is 7.03. The first-order valence-electron chi connectivity index (χ1n) is 7.69. The standard InChI is InChI=1S/C18H21NO3S/c1-13(14-7-9-16(10-8-14)23(2)20)19-11-15-12-21-17-5-3-4-6-18(17)22-15/h3-10,13,15,19H,11-12H2,1-2H3/t13-,15-,23+/m0/s1. The average molecular weight is 331 g/mol. The SMILES string of the molecule is C[C@H](NC[C@H]1COc2ccccc2O1)c1ccc([S@@](C)=O)cc1. The maximum atomic E-state index is 11.4. The lowest BCUT2D eigenvalue weighted by Crippen LogP contribution is -2.39. The fourth-order valence-corrected chi connectivity index (χ4v) is 3.06. The molecule has 0 spiro atoms. The molecule has 5 heteroatoms. The van der Waals surface area contributed by atoms with E-state index in [1.54, 1.807) is 6.26 Å². The highest BCUT2D eigenvalue weighted by molar-refractivity contribution is 7.84. The molecule has 23 heavy (non-hydrogen) atoms. The third kappa shape index (κ3) is 3.92. The molecule has 1 aliphatic rings. The number of fused-ring (bicyclic) bond motifs is 1. The number of hydrogen-bond donors (Lipinski definition) is 1. The summed E-state index contributed by atoms with van der Waals surface area (Å²) in [5.74, 6) is 1.60. The normalized spacial score (nSPS) is 19.1. The molecular weight excluding hydrogens is 310 g/mol. The first-order chi connectivity index (χ1) is 11.1. The van der Waals surface area contributed by atoms with Gasteiger partial charge in [-0.1, -0.05) is 24.3 Å². The van der Waals surface area contributed by atoms with Crippen molar-refractivity contribution in [3.63, 3.8) is 0 Å². The van der Waals surface area contributed by atoms with Crippen molar-refractivity contribution < 1.29 is 13.7 Å². The summed E-state index contributed by atoms with van der Waals surface area (Å²) in [5, 5.41) is 3.47. The van der Waals surface area contributed by atoms with E-state index < -0.39 is 10.8 Å². The van der Waals surface area contributed by atoms with Crippen LogP contribution in [0.2, 0.25) is 0 Å². The molecule has 1 aliphatic heterocycles. The monoisotopic (exact) mass is 331 g/mol. The maximum absolute atomic E-state index is 11.4. The van der Waals surface area contributed by atoms with Crippen LogP contribution in [0.1, 0.15) is 18.5 Å². The van der Waals surface area contributed by atoms with E-state index in [4.69, 9.17) is 9.47 Å². The summed E-state index contributed by atoms with van der Waals surface area (Å²) in [4.78, 5) is 0.849. The Bertz CT molecular complexity index is 687. The predicted molar refractivity (Wildman–Crippen MR) is 91.5 cm³/mol. The van der Waals surface area contributed by atoms with Crippen molar-refractivity contribution in [2.24, 2.45) is 0 Å².